The smallest absolute Gasteiger partial charge is 0.293 e. The Hall–Kier alpha value is -4.33. The van der Waals surface area contributed by atoms with Gasteiger partial charge in [-0.2, -0.15) is 0 Å². The summed E-state index contributed by atoms with van der Waals surface area (Å²) in [5, 5.41) is 14.3. The van der Waals surface area contributed by atoms with E-state index in [9.17, 15) is 14.9 Å². The van der Waals surface area contributed by atoms with Crippen molar-refractivity contribution in [2.45, 2.75) is 0 Å². The third-order valence-electron chi connectivity index (χ3n) is 4.51. The Morgan fingerprint density at radius 3 is 2.33 bits per heavy atom. The number of nitrogens with one attached hydrogen (secondary N) is 1. The molecule has 0 aliphatic rings. The number of nitro groups is 1. The lowest BCUT2D eigenvalue weighted by molar-refractivity contribution is -0.384. The Morgan fingerprint density at radius 2 is 1.67 bits per heavy atom. The number of non-ortho nitro benzene ring substituents is 1. The van der Waals surface area contributed by atoms with Gasteiger partial charge in [0.05, 0.1) is 23.2 Å². The molecule has 0 radical (unpaired) electrons. The molecule has 0 spiro atoms. The summed E-state index contributed by atoms with van der Waals surface area (Å²) in [5.74, 6) is 0.204. The fraction of sp³-hybridized carbons (Fsp3) is 0.0455. The van der Waals surface area contributed by atoms with E-state index in [-0.39, 0.29) is 11.5 Å². The van der Waals surface area contributed by atoms with Crippen LogP contribution in [0.5, 0.6) is 5.75 Å². The number of carbonyl (C=O) groups excluding carboxylic acids is 1. The van der Waals surface area contributed by atoms with E-state index in [1.165, 1.54) is 24.3 Å². The van der Waals surface area contributed by atoms with Gasteiger partial charge in [0, 0.05) is 28.8 Å². The summed E-state index contributed by atoms with van der Waals surface area (Å²) in [6, 6.07) is 20.4. The van der Waals surface area contributed by atoms with Crippen LogP contribution in [0, 0.1) is 10.1 Å². The molecule has 1 N–H and O–H groups in total. The van der Waals surface area contributed by atoms with Crippen LogP contribution in [0.4, 0.5) is 11.4 Å². The average molecular weight is 400 g/mol. The number of rotatable bonds is 5. The number of nitrogens with zero attached hydrogens (tertiary/aromatic N) is 3. The van der Waals surface area contributed by atoms with E-state index in [1.54, 1.807) is 7.11 Å². The number of anilines is 1. The van der Waals surface area contributed by atoms with Crippen molar-refractivity contribution in [3.05, 3.63) is 88.7 Å². The van der Waals surface area contributed by atoms with E-state index in [4.69, 9.17) is 4.74 Å². The van der Waals surface area contributed by atoms with Crippen molar-refractivity contribution in [3.63, 3.8) is 0 Å². The van der Waals surface area contributed by atoms with Gasteiger partial charge in [-0.3, -0.25) is 14.9 Å². The molecule has 0 saturated carbocycles. The van der Waals surface area contributed by atoms with Crippen LogP contribution in [0.2, 0.25) is 0 Å². The minimum absolute atomic E-state index is 0.00197. The van der Waals surface area contributed by atoms with E-state index < -0.39 is 10.8 Å². The van der Waals surface area contributed by atoms with Crippen molar-refractivity contribution in [2.24, 2.45) is 0 Å². The number of para-hydroxylation sites is 1. The average Bonchev–Trinajstić information content (AvgIpc) is 2.78. The molecule has 0 atom stereocenters. The number of hydrogen-bond acceptors (Lipinski definition) is 6. The SMILES string of the molecule is COc1ccc(-c2nc(C(=O)Nc3ccc([N+](=O)[O-])cc3)nc3ccccc23)cc1. The van der Waals surface area contributed by atoms with Gasteiger partial charge in [-0.25, -0.2) is 9.97 Å². The van der Waals surface area contributed by atoms with Gasteiger partial charge in [0.25, 0.3) is 11.6 Å². The van der Waals surface area contributed by atoms with Gasteiger partial charge >= 0.3 is 0 Å². The molecule has 0 aliphatic heterocycles. The zero-order valence-corrected chi connectivity index (χ0v) is 15.9. The molecule has 1 heterocycles. The summed E-state index contributed by atoms with van der Waals surface area (Å²) >= 11 is 0. The van der Waals surface area contributed by atoms with Crippen LogP contribution < -0.4 is 10.1 Å². The van der Waals surface area contributed by atoms with Crippen molar-refractivity contribution >= 4 is 28.2 Å². The first kappa shape index (κ1) is 19.0. The molecule has 0 saturated heterocycles. The molecule has 1 aromatic heterocycles. The number of benzene rings is 3. The number of methoxy groups -OCH3 is 1. The molecule has 148 valence electrons. The zero-order chi connectivity index (χ0) is 21.1. The fourth-order valence-electron chi connectivity index (χ4n) is 3.00. The topological polar surface area (TPSA) is 107 Å². The molecule has 3 aromatic carbocycles. The monoisotopic (exact) mass is 400 g/mol. The van der Waals surface area contributed by atoms with Crippen molar-refractivity contribution in [2.75, 3.05) is 12.4 Å². The number of ether oxygens (including phenoxy) is 1. The summed E-state index contributed by atoms with van der Waals surface area (Å²) in [4.78, 5) is 31.9. The van der Waals surface area contributed by atoms with Crippen LogP contribution in [0.15, 0.2) is 72.8 Å². The Bertz CT molecular complexity index is 1240. The third-order valence-corrected chi connectivity index (χ3v) is 4.51. The second-order valence-electron chi connectivity index (χ2n) is 6.40. The lowest BCUT2D eigenvalue weighted by Gasteiger charge is -2.10. The van der Waals surface area contributed by atoms with Gasteiger partial charge in [-0.15, -0.1) is 0 Å². The van der Waals surface area contributed by atoms with Crippen LogP contribution >= 0.6 is 0 Å². The van der Waals surface area contributed by atoms with Crippen molar-refractivity contribution < 1.29 is 14.5 Å². The molecule has 1 amide bonds. The maximum Gasteiger partial charge on any atom is 0.293 e. The third kappa shape index (κ3) is 3.79. The summed E-state index contributed by atoms with van der Waals surface area (Å²) in [7, 11) is 1.59. The van der Waals surface area contributed by atoms with Crippen LogP contribution in [-0.4, -0.2) is 27.9 Å². The highest BCUT2D eigenvalue weighted by Gasteiger charge is 2.16. The quantitative estimate of drug-likeness (QED) is 0.391. The van der Waals surface area contributed by atoms with Gasteiger partial charge in [0.15, 0.2) is 0 Å². The molecule has 0 aliphatic carbocycles. The Labute approximate surface area is 171 Å². The zero-order valence-electron chi connectivity index (χ0n) is 15.9. The van der Waals surface area contributed by atoms with E-state index >= 15 is 0 Å². The van der Waals surface area contributed by atoms with Crippen LogP contribution in [0.25, 0.3) is 22.2 Å². The molecule has 8 heteroatoms. The highest BCUT2D eigenvalue weighted by atomic mass is 16.6. The first-order valence-electron chi connectivity index (χ1n) is 9.02. The Morgan fingerprint density at radius 1 is 0.967 bits per heavy atom. The predicted octanol–water partition coefficient (Wildman–Crippen LogP) is 4.47. The minimum Gasteiger partial charge on any atom is -0.497 e. The number of fused-ring (bicyclic) bond motifs is 1. The predicted molar refractivity (Wildman–Crippen MR) is 113 cm³/mol. The van der Waals surface area contributed by atoms with E-state index in [1.807, 2.05) is 48.5 Å². The van der Waals surface area contributed by atoms with Crippen LogP contribution in [0.1, 0.15) is 10.6 Å². The molecule has 8 nitrogen and oxygen atoms in total. The number of nitro benzene ring substituents is 1. The summed E-state index contributed by atoms with van der Waals surface area (Å²) in [6.45, 7) is 0. The number of carbonyl (C=O) groups is 1. The van der Waals surface area contributed by atoms with Crippen LogP contribution in [0.3, 0.4) is 0 Å². The van der Waals surface area contributed by atoms with Gasteiger partial charge < -0.3 is 10.1 Å². The van der Waals surface area contributed by atoms with Gasteiger partial charge in [-0.05, 0) is 42.5 Å². The van der Waals surface area contributed by atoms with E-state index in [0.717, 1.165) is 10.9 Å². The largest absolute Gasteiger partial charge is 0.497 e. The van der Waals surface area contributed by atoms with Crippen molar-refractivity contribution in [3.8, 4) is 17.0 Å². The molecular weight excluding hydrogens is 384 g/mol. The molecular formula is C22H16N4O4. The molecule has 0 fully saturated rings. The maximum atomic E-state index is 12.8. The highest BCUT2D eigenvalue weighted by molar-refractivity contribution is 6.04. The fourth-order valence-corrected chi connectivity index (χ4v) is 3.00. The van der Waals surface area contributed by atoms with Crippen LogP contribution in [-0.2, 0) is 0 Å². The lowest BCUT2D eigenvalue weighted by atomic mass is 10.1. The first-order chi connectivity index (χ1) is 14.5. The molecule has 4 aromatic rings. The standard InChI is InChI=1S/C22H16N4O4/c1-30-17-12-6-14(7-13-17)20-18-4-2-3-5-19(18)24-21(25-20)22(27)23-15-8-10-16(11-9-15)26(28)29/h2-13H,1H3,(H,23,27). The van der Waals surface area contributed by atoms with Gasteiger partial charge in [-0.1, -0.05) is 18.2 Å². The Balaban J connectivity index is 1.71. The normalized spacial score (nSPS) is 10.6. The Kier molecular flexibility index (Phi) is 5.04. The molecule has 4 rings (SSSR count). The minimum atomic E-state index is -0.510. The number of hydrogen-bond donors (Lipinski definition) is 1. The summed E-state index contributed by atoms with van der Waals surface area (Å²) in [5.41, 5.74) is 2.42. The lowest BCUT2D eigenvalue weighted by Crippen LogP contribution is -2.16. The molecule has 0 unspecified atom stereocenters. The van der Waals surface area contributed by atoms with Crippen molar-refractivity contribution in [1.29, 1.82) is 0 Å². The summed E-state index contributed by atoms with van der Waals surface area (Å²) in [6.07, 6.45) is 0. The van der Waals surface area contributed by atoms with Crippen molar-refractivity contribution in [1.82, 2.24) is 9.97 Å². The molecule has 0 bridgehead atoms. The first-order valence-corrected chi connectivity index (χ1v) is 9.02. The van der Waals surface area contributed by atoms with E-state index in [2.05, 4.69) is 15.3 Å². The molecule has 30 heavy (non-hydrogen) atoms. The van der Waals surface area contributed by atoms with Gasteiger partial charge in [0.2, 0.25) is 5.82 Å². The highest BCUT2D eigenvalue weighted by Crippen LogP contribution is 2.28. The number of amides is 1. The second-order valence-corrected chi connectivity index (χ2v) is 6.40. The number of aromatic nitrogens is 2. The second kappa shape index (κ2) is 7.96. The maximum absolute atomic E-state index is 12.8. The summed E-state index contributed by atoms with van der Waals surface area (Å²) < 4.78 is 5.21. The van der Waals surface area contributed by atoms with Gasteiger partial charge in [0.1, 0.15) is 5.75 Å². The van der Waals surface area contributed by atoms with E-state index in [0.29, 0.717) is 22.6 Å².